The van der Waals surface area contributed by atoms with Gasteiger partial charge in [0.2, 0.25) is 0 Å². The summed E-state index contributed by atoms with van der Waals surface area (Å²) in [5, 5.41) is 18.4. The van der Waals surface area contributed by atoms with Gasteiger partial charge in [0, 0.05) is 6.20 Å². The normalized spacial score (nSPS) is 11.7. The predicted octanol–water partition coefficient (Wildman–Crippen LogP) is 0.801. The summed E-state index contributed by atoms with van der Waals surface area (Å²) < 4.78 is 0. The Morgan fingerprint density at radius 3 is 2.67 bits per heavy atom. The lowest BCUT2D eigenvalue weighted by Crippen LogP contribution is -2.17. The van der Waals surface area contributed by atoms with Crippen LogP contribution >= 0.6 is 0 Å². The molecule has 0 amide bonds. The topological polar surface area (TPSA) is 53.4 Å². The van der Waals surface area contributed by atoms with Crippen LogP contribution in [0.5, 0.6) is 0 Å². The quantitative estimate of drug-likeness (QED) is 0.685. The molecule has 0 saturated carbocycles. The summed E-state index contributed by atoms with van der Waals surface area (Å²) in [5.41, 5.74) is 0.404. The summed E-state index contributed by atoms with van der Waals surface area (Å²) in [4.78, 5) is 4.00. The van der Waals surface area contributed by atoms with Gasteiger partial charge in [-0.05, 0) is 31.5 Å². The van der Waals surface area contributed by atoms with Crippen molar-refractivity contribution in [3.8, 4) is 0 Å². The van der Waals surface area contributed by atoms with Crippen LogP contribution in [0.1, 0.15) is 25.1 Å². The van der Waals surface area contributed by atoms with Crippen LogP contribution in [0.4, 0.5) is 0 Å². The molecule has 3 heteroatoms. The summed E-state index contributed by atoms with van der Waals surface area (Å²) in [6, 6.07) is 3.41. The molecule has 1 aromatic heterocycles. The van der Waals surface area contributed by atoms with Gasteiger partial charge in [0.05, 0.1) is 12.3 Å². The maximum Gasteiger partial charge on any atom is 0.101 e. The summed E-state index contributed by atoms with van der Waals surface area (Å²) in [6.07, 6.45) is 1.58. The van der Waals surface area contributed by atoms with Crippen molar-refractivity contribution in [1.29, 1.82) is 0 Å². The van der Waals surface area contributed by atoms with Gasteiger partial charge in [-0.1, -0.05) is 0 Å². The van der Waals surface area contributed by atoms with Crippen LogP contribution in [-0.2, 0) is 12.2 Å². The van der Waals surface area contributed by atoms with E-state index in [0.717, 1.165) is 5.56 Å². The zero-order valence-electron chi connectivity index (χ0n) is 7.28. The van der Waals surface area contributed by atoms with Gasteiger partial charge in [0.1, 0.15) is 5.60 Å². The largest absolute Gasteiger partial charge is 0.392 e. The minimum Gasteiger partial charge on any atom is -0.392 e. The molecular weight excluding hydrogens is 154 g/mol. The van der Waals surface area contributed by atoms with Crippen molar-refractivity contribution < 1.29 is 10.2 Å². The number of hydrogen-bond donors (Lipinski definition) is 2. The molecule has 1 aromatic rings. The predicted molar refractivity (Wildman–Crippen MR) is 45.4 cm³/mol. The minimum atomic E-state index is -0.939. The van der Waals surface area contributed by atoms with Crippen molar-refractivity contribution in [3.05, 3.63) is 29.6 Å². The van der Waals surface area contributed by atoms with Crippen molar-refractivity contribution in [2.24, 2.45) is 0 Å². The first-order chi connectivity index (χ1) is 5.54. The lowest BCUT2D eigenvalue weighted by molar-refractivity contribution is 0.0736. The second-order valence-electron chi connectivity index (χ2n) is 3.27. The molecule has 12 heavy (non-hydrogen) atoms. The third kappa shape index (κ3) is 2.03. The number of aromatic nitrogens is 1. The number of aliphatic hydroxyl groups is 2. The van der Waals surface area contributed by atoms with Crippen LogP contribution in [0.25, 0.3) is 0 Å². The molecule has 0 bridgehead atoms. The van der Waals surface area contributed by atoms with Gasteiger partial charge in [-0.3, -0.25) is 4.98 Å². The number of aliphatic hydroxyl groups excluding tert-OH is 1. The second-order valence-corrected chi connectivity index (χ2v) is 3.27. The Morgan fingerprint density at radius 1 is 1.50 bits per heavy atom. The molecule has 0 fully saturated rings. The van der Waals surface area contributed by atoms with E-state index in [1.807, 2.05) is 0 Å². The molecule has 1 rings (SSSR count). The van der Waals surface area contributed by atoms with E-state index in [9.17, 15) is 5.11 Å². The maximum atomic E-state index is 9.56. The fraction of sp³-hybridized carbons (Fsp3) is 0.444. The SMILES string of the molecule is CC(C)(O)c1cc(CO)ccn1. The van der Waals surface area contributed by atoms with E-state index in [0.29, 0.717) is 5.69 Å². The molecule has 0 aliphatic rings. The van der Waals surface area contributed by atoms with Crippen LogP contribution in [0.15, 0.2) is 18.3 Å². The average molecular weight is 167 g/mol. The molecule has 0 radical (unpaired) electrons. The monoisotopic (exact) mass is 167 g/mol. The van der Waals surface area contributed by atoms with Crippen LogP contribution < -0.4 is 0 Å². The number of rotatable bonds is 2. The van der Waals surface area contributed by atoms with Crippen LogP contribution in [0, 0.1) is 0 Å². The zero-order chi connectivity index (χ0) is 9.19. The van der Waals surface area contributed by atoms with Gasteiger partial charge in [-0.25, -0.2) is 0 Å². The lowest BCUT2D eigenvalue weighted by atomic mass is 10.0. The van der Waals surface area contributed by atoms with E-state index in [2.05, 4.69) is 4.98 Å². The van der Waals surface area contributed by atoms with Crippen LogP contribution in [0.2, 0.25) is 0 Å². The van der Waals surface area contributed by atoms with E-state index < -0.39 is 5.60 Å². The van der Waals surface area contributed by atoms with Gasteiger partial charge >= 0.3 is 0 Å². The standard InChI is InChI=1S/C9H13NO2/c1-9(2,12)8-5-7(6-11)3-4-10-8/h3-5,11-12H,6H2,1-2H3. The van der Waals surface area contributed by atoms with Gasteiger partial charge in [0.15, 0.2) is 0 Å². The molecule has 0 atom stereocenters. The molecule has 0 aromatic carbocycles. The van der Waals surface area contributed by atoms with E-state index in [1.54, 1.807) is 32.2 Å². The van der Waals surface area contributed by atoms with E-state index >= 15 is 0 Å². The minimum absolute atomic E-state index is 0.0222. The first-order valence-electron chi connectivity index (χ1n) is 3.82. The summed E-state index contributed by atoms with van der Waals surface area (Å²) in [7, 11) is 0. The van der Waals surface area contributed by atoms with Gasteiger partial charge in [-0.15, -0.1) is 0 Å². The average Bonchev–Trinajstić information content (AvgIpc) is 2.03. The van der Waals surface area contributed by atoms with Crippen LogP contribution in [-0.4, -0.2) is 15.2 Å². The summed E-state index contributed by atoms with van der Waals surface area (Å²) in [5.74, 6) is 0. The molecule has 2 N–H and O–H groups in total. The fourth-order valence-electron chi connectivity index (χ4n) is 0.907. The molecule has 0 aliphatic carbocycles. The molecule has 1 heterocycles. The summed E-state index contributed by atoms with van der Waals surface area (Å²) >= 11 is 0. The Kier molecular flexibility index (Phi) is 2.45. The maximum absolute atomic E-state index is 9.56. The highest BCUT2D eigenvalue weighted by Gasteiger charge is 2.17. The highest BCUT2D eigenvalue weighted by atomic mass is 16.3. The number of pyridine rings is 1. The van der Waals surface area contributed by atoms with Crippen molar-refractivity contribution >= 4 is 0 Å². The second kappa shape index (κ2) is 3.21. The van der Waals surface area contributed by atoms with Gasteiger partial charge in [-0.2, -0.15) is 0 Å². The van der Waals surface area contributed by atoms with E-state index in [-0.39, 0.29) is 6.61 Å². The lowest BCUT2D eigenvalue weighted by Gasteiger charge is -2.16. The molecule has 3 nitrogen and oxygen atoms in total. The highest BCUT2D eigenvalue weighted by Crippen LogP contribution is 2.17. The molecule has 0 saturated heterocycles. The van der Waals surface area contributed by atoms with Gasteiger partial charge < -0.3 is 10.2 Å². The Balaban J connectivity index is 3.02. The Bertz CT molecular complexity index is 265. The van der Waals surface area contributed by atoms with Crippen molar-refractivity contribution in [2.75, 3.05) is 0 Å². The van der Waals surface area contributed by atoms with Crippen molar-refractivity contribution in [3.63, 3.8) is 0 Å². The Labute approximate surface area is 71.7 Å². The van der Waals surface area contributed by atoms with Gasteiger partial charge in [0.25, 0.3) is 0 Å². The molecule has 0 spiro atoms. The highest BCUT2D eigenvalue weighted by molar-refractivity contribution is 5.19. The van der Waals surface area contributed by atoms with Crippen molar-refractivity contribution in [2.45, 2.75) is 26.1 Å². The number of hydrogen-bond acceptors (Lipinski definition) is 3. The first kappa shape index (κ1) is 9.16. The molecule has 0 aliphatic heterocycles. The van der Waals surface area contributed by atoms with E-state index in [4.69, 9.17) is 5.11 Å². The number of nitrogens with zero attached hydrogens (tertiary/aromatic N) is 1. The van der Waals surface area contributed by atoms with E-state index in [1.165, 1.54) is 0 Å². The first-order valence-corrected chi connectivity index (χ1v) is 3.82. The van der Waals surface area contributed by atoms with Crippen molar-refractivity contribution in [1.82, 2.24) is 4.98 Å². The zero-order valence-corrected chi connectivity index (χ0v) is 7.28. The molecule has 0 unspecified atom stereocenters. The molecular formula is C9H13NO2. The Hall–Kier alpha value is -0.930. The van der Waals surface area contributed by atoms with Crippen LogP contribution in [0.3, 0.4) is 0 Å². The molecule has 66 valence electrons. The fourth-order valence-corrected chi connectivity index (χ4v) is 0.907. The summed E-state index contributed by atoms with van der Waals surface area (Å²) in [6.45, 7) is 3.30. The third-order valence-corrected chi connectivity index (χ3v) is 1.63. The Morgan fingerprint density at radius 2 is 2.17 bits per heavy atom. The smallest absolute Gasteiger partial charge is 0.101 e. The third-order valence-electron chi connectivity index (χ3n) is 1.63.